The Morgan fingerprint density at radius 2 is 1.88 bits per heavy atom. The van der Waals surface area contributed by atoms with Gasteiger partial charge in [0.25, 0.3) is 0 Å². The monoisotopic (exact) mass is 491 g/mol. The Labute approximate surface area is 202 Å². The van der Waals surface area contributed by atoms with Crippen molar-refractivity contribution in [2.24, 2.45) is 0 Å². The predicted molar refractivity (Wildman–Crippen MR) is 124 cm³/mol. The first-order valence-electron chi connectivity index (χ1n) is 10.9. The van der Waals surface area contributed by atoms with E-state index < -0.39 is 29.6 Å². The number of ether oxygens (including phenoxy) is 2. The van der Waals surface area contributed by atoms with Gasteiger partial charge in [0, 0.05) is 37.3 Å². The highest BCUT2D eigenvalue weighted by Crippen LogP contribution is 2.26. The second-order valence-corrected chi connectivity index (χ2v) is 8.11. The normalized spacial score (nSPS) is 14.8. The van der Waals surface area contributed by atoms with Crippen LogP contribution in [-0.2, 0) is 14.3 Å². The van der Waals surface area contributed by atoms with E-state index in [4.69, 9.17) is 21.1 Å². The van der Waals surface area contributed by atoms with Crippen molar-refractivity contribution < 1.29 is 28.2 Å². The van der Waals surface area contributed by atoms with Gasteiger partial charge in [-0.2, -0.15) is 0 Å². The molecule has 1 atom stereocenters. The molecule has 2 N–H and O–H groups in total. The number of carbonyl (C=O) groups is 3. The lowest BCUT2D eigenvalue weighted by atomic mass is 9.93. The molecule has 182 valence electrons. The Kier molecular flexibility index (Phi) is 9.38. The third kappa shape index (κ3) is 6.75. The molecule has 2 amide bonds. The van der Waals surface area contributed by atoms with Crippen LogP contribution in [0.15, 0.2) is 42.5 Å². The molecule has 8 nitrogen and oxygen atoms in total. The van der Waals surface area contributed by atoms with E-state index in [-0.39, 0.29) is 28.3 Å². The minimum atomic E-state index is -1.25. The fourth-order valence-corrected chi connectivity index (χ4v) is 3.81. The van der Waals surface area contributed by atoms with E-state index in [1.807, 2.05) is 0 Å². The maximum atomic E-state index is 14.3. The molecule has 3 rings (SSSR count). The largest absolute Gasteiger partial charge is 0.449 e. The third-order valence-corrected chi connectivity index (χ3v) is 5.65. The summed E-state index contributed by atoms with van der Waals surface area (Å²) in [4.78, 5) is 40.4. The summed E-state index contributed by atoms with van der Waals surface area (Å²) in [7, 11) is 1.40. The van der Waals surface area contributed by atoms with E-state index in [0.717, 1.165) is 19.6 Å². The minimum Gasteiger partial charge on any atom is -0.449 e. The number of hydrogen-bond acceptors (Lipinski definition) is 6. The van der Waals surface area contributed by atoms with E-state index in [1.165, 1.54) is 49.5 Å². The first-order chi connectivity index (χ1) is 16.4. The van der Waals surface area contributed by atoms with Crippen molar-refractivity contribution >= 4 is 29.4 Å². The molecule has 0 aromatic heterocycles. The number of alkyl carbamates (subject to hydrolysis) is 1. The van der Waals surface area contributed by atoms with E-state index in [0.29, 0.717) is 19.6 Å². The number of morpholine rings is 1. The molecule has 0 saturated carbocycles. The smallest absolute Gasteiger partial charge is 0.408 e. The predicted octanol–water partition coefficient (Wildman–Crippen LogP) is 2.95. The fourth-order valence-electron chi connectivity index (χ4n) is 3.63. The van der Waals surface area contributed by atoms with Crippen LogP contribution in [0.1, 0.15) is 33.9 Å². The number of benzene rings is 2. The lowest BCUT2D eigenvalue weighted by Gasteiger charge is -2.26. The van der Waals surface area contributed by atoms with Crippen molar-refractivity contribution in [2.45, 2.75) is 12.5 Å². The number of nitrogens with one attached hydrogen (secondary N) is 2. The second-order valence-electron chi connectivity index (χ2n) is 7.68. The summed E-state index contributed by atoms with van der Waals surface area (Å²) in [6.07, 6.45) is -0.189. The Hall–Kier alpha value is -3.01. The first kappa shape index (κ1) is 25.6. The van der Waals surface area contributed by atoms with Crippen LogP contribution in [0.4, 0.5) is 9.18 Å². The molecule has 10 heteroatoms. The molecule has 1 aliphatic heterocycles. The SMILES string of the molecule is CNC(=O)C(NC(=O)OCCCN1CCOCC1)c1ccc(Cl)cc1C(=O)c1ccccc1F. The van der Waals surface area contributed by atoms with Crippen molar-refractivity contribution in [1.29, 1.82) is 0 Å². The molecule has 1 saturated heterocycles. The van der Waals surface area contributed by atoms with Gasteiger partial charge in [0.2, 0.25) is 5.91 Å². The van der Waals surface area contributed by atoms with Gasteiger partial charge in [0.15, 0.2) is 5.78 Å². The number of rotatable bonds is 9. The van der Waals surface area contributed by atoms with Crippen molar-refractivity contribution in [3.8, 4) is 0 Å². The summed E-state index contributed by atoms with van der Waals surface area (Å²) in [6.45, 7) is 3.95. The molecule has 1 fully saturated rings. The highest BCUT2D eigenvalue weighted by Gasteiger charge is 2.28. The van der Waals surface area contributed by atoms with Gasteiger partial charge in [0.1, 0.15) is 11.9 Å². The highest BCUT2D eigenvalue weighted by atomic mass is 35.5. The number of likely N-dealkylation sites (N-methyl/N-ethyl adjacent to an activating group) is 1. The zero-order chi connectivity index (χ0) is 24.5. The summed E-state index contributed by atoms with van der Waals surface area (Å²) in [5, 5.41) is 5.20. The highest BCUT2D eigenvalue weighted by molar-refractivity contribution is 6.31. The number of carbonyl (C=O) groups excluding carboxylic acids is 3. The summed E-state index contributed by atoms with van der Waals surface area (Å²) in [5.41, 5.74) is -0.00607. The average molecular weight is 492 g/mol. The minimum absolute atomic E-state index is 0.00109. The van der Waals surface area contributed by atoms with E-state index in [9.17, 15) is 18.8 Å². The summed E-state index contributed by atoms with van der Waals surface area (Å²) < 4.78 is 24.8. The number of ketones is 1. The van der Waals surface area contributed by atoms with Gasteiger partial charge >= 0.3 is 6.09 Å². The van der Waals surface area contributed by atoms with Crippen LogP contribution in [-0.4, -0.2) is 69.2 Å². The standard InChI is InChI=1S/C24H27ClFN3O5/c1-27-23(31)21(28-24(32)34-12-4-9-29-10-13-33-14-11-29)17-8-7-16(25)15-19(17)22(30)18-5-2-3-6-20(18)26/h2-3,5-8,15,21H,4,9-14H2,1H3,(H,27,31)(H,28,32). The lowest BCUT2D eigenvalue weighted by molar-refractivity contribution is -0.122. The van der Waals surface area contributed by atoms with Crippen molar-refractivity contribution in [3.63, 3.8) is 0 Å². The van der Waals surface area contributed by atoms with Gasteiger partial charge in [-0.3, -0.25) is 14.5 Å². The van der Waals surface area contributed by atoms with Crippen molar-refractivity contribution in [3.05, 3.63) is 70.0 Å². The van der Waals surface area contributed by atoms with Gasteiger partial charge in [-0.25, -0.2) is 9.18 Å². The van der Waals surface area contributed by atoms with Crippen molar-refractivity contribution in [1.82, 2.24) is 15.5 Å². The van der Waals surface area contributed by atoms with Gasteiger partial charge < -0.3 is 20.1 Å². The molecule has 2 aromatic carbocycles. The molecular formula is C24H27ClFN3O5. The molecule has 0 aliphatic carbocycles. The van der Waals surface area contributed by atoms with Crippen molar-refractivity contribution in [2.75, 3.05) is 46.5 Å². The Bertz CT molecular complexity index is 1030. The fraction of sp³-hybridized carbons (Fsp3) is 0.375. The number of hydrogen-bond donors (Lipinski definition) is 2. The summed E-state index contributed by atoms with van der Waals surface area (Å²) in [6, 6.07) is 8.54. The van der Waals surface area contributed by atoms with Crippen LogP contribution in [0, 0.1) is 5.82 Å². The molecule has 2 aromatic rings. The van der Waals surface area contributed by atoms with Crippen LogP contribution in [0.3, 0.4) is 0 Å². The van der Waals surface area contributed by atoms with Gasteiger partial charge in [-0.1, -0.05) is 29.8 Å². The molecule has 1 unspecified atom stereocenters. The molecule has 0 spiro atoms. The zero-order valence-electron chi connectivity index (χ0n) is 18.8. The van der Waals surface area contributed by atoms with E-state index >= 15 is 0 Å². The lowest BCUT2D eigenvalue weighted by Crippen LogP contribution is -2.40. The topological polar surface area (TPSA) is 97.0 Å². The van der Waals surface area contributed by atoms with Crippen LogP contribution >= 0.6 is 11.6 Å². The Balaban J connectivity index is 1.73. The molecular weight excluding hydrogens is 465 g/mol. The van der Waals surface area contributed by atoms with Gasteiger partial charge in [0.05, 0.1) is 25.4 Å². The number of amides is 2. The summed E-state index contributed by atoms with van der Waals surface area (Å²) >= 11 is 6.09. The third-order valence-electron chi connectivity index (χ3n) is 5.42. The van der Waals surface area contributed by atoms with Gasteiger partial charge in [-0.05, 0) is 36.2 Å². The van der Waals surface area contributed by atoms with Crippen LogP contribution in [0.25, 0.3) is 0 Å². The van der Waals surface area contributed by atoms with E-state index in [1.54, 1.807) is 0 Å². The summed E-state index contributed by atoms with van der Waals surface area (Å²) in [5.74, 6) is -1.94. The maximum absolute atomic E-state index is 14.3. The zero-order valence-corrected chi connectivity index (χ0v) is 19.6. The molecule has 1 heterocycles. The molecule has 0 radical (unpaired) electrons. The quantitative estimate of drug-likeness (QED) is 0.413. The molecule has 0 bridgehead atoms. The Morgan fingerprint density at radius 3 is 2.59 bits per heavy atom. The van der Waals surface area contributed by atoms with Crippen LogP contribution < -0.4 is 10.6 Å². The first-order valence-corrected chi connectivity index (χ1v) is 11.3. The Morgan fingerprint density at radius 1 is 1.15 bits per heavy atom. The van der Waals surface area contributed by atoms with Gasteiger partial charge in [-0.15, -0.1) is 0 Å². The second kappa shape index (κ2) is 12.5. The maximum Gasteiger partial charge on any atom is 0.408 e. The molecule has 1 aliphatic rings. The number of halogens is 2. The van der Waals surface area contributed by atoms with Crippen LogP contribution in [0.2, 0.25) is 5.02 Å². The molecule has 34 heavy (non-hydrogen) atoms. The van der Waals surface area contributed by atoms with Crippen LogP contribution in [0.5, 0.6) is 0 Å². The number of nitrogens with zero attached hydrogens (tertiary/aromatic N) is 1. The average Bonchev–Trinajstić information content (AvgIpc) is 2.85. The van der Waals surface area contributed by atoms with E-state index in [2.05, 4.69) is 15.5 Å².